The Kier molecular flexibility index (Phi) is 7.53. The Morgan fingerprint density at radius 2 is 0.821 bits per heavy atom. The van der Waals surface area contributed by atoms with Gasteiger partial charge in [-0.2, -0.15) is 0 Å². The Labute approximate surface area is 325 Å². The van der Waals surface area contributed by atoms with Gasteiger partial charge in [-0.25, -0.2) is 0 Å². The number of aromatic nitrogens is 1. The van der Waals surface area contributed by atoms with E-state index in [1.807, 2.05) is 0 Å². The fourth-order valence-corrected chi connectivity index (χ4v) is 8.64. The van der Waals surface area contributed by atoms with Crippen LogP contribution in [0, 0.1) is 0 Å². The lowest BCUT2D eigenvalue weighted by Gasteiger charge is -2.28. The molecule has 0 saturated heterocycles. The van der Waals surface area contributed by atoms with E-state index < -0.39 is 0 Å². The largest absolute Gasteiger partial charge is 0.309 e. The zero-order chi connectivity index (χ0) is 37.0. The number of nitrogens with zero attached hydrogens (tertiary/aromatic N) is 2. The van der Waals surface area contributed by atoms with Gasteiger partial charge >= 0.3 is 0 Å². The van der Waals surface area contributed by atoms with Gasteiger partial charge in [0.1, 0.15) is 0 Å². The number of benzene rings is 10. The highest BCUT2D eigenvalue weighted by Gasteiger charge is 2.22. The predicted octanol–water partition coefficient (Wildman–Crippen LogP) is 15.0. The van der Waals surface area contributed by atoms with E-state index in [0.717, 1.165) is 22.7 Å². The molecular weight excluding hydrogens is 677 g/mol. The summed E-state index contributed by atoms with van der Waals surface area (Å²) in [7, 11) is 0. The van der Waals surface area contributed by atoms with Crippen molar-refractivity contribution in [3.8, 4) is 27.9 Å². The third kappa shape index (κ3) is 5.34. The number of hydrogen-bond acceptors (Lipinski definition) is 1. The summed E-state index contributed by atoms with van der Waals surface area (Å²) < 4.78 is 2.40. The maximum absolute atomic E-state index is 2.47. The van der Waals surface area contributed by atoms with Crippen molar-refractivity contribution in [2.45, 2.75) is 0 Å². The van der Waals surface area contributed by atoms with Crippen LogP contribution in [0.3, 0.4) is 0 Å². The number of para-hydroxylation sites is 2. The van der Waals surface area contributed by atoms with E-state index in [0.29, 0.717) is 0 Å². The summed E-state index contributed by atoms with van der Waals surface area (Å²) in [6.45, 7) is 0. The molecule has 262 valence electrons. The lowest BCUT2D eigenvalue weighted by Crippen LogP contribution is -2.11. The molecule has 0 radical (unpaired) electrons. The molecule has 0 bridgehead atoms. The first-order chi connectivity index (χ1) is 27.8. The summed E-state index contributed by atoms with van der Waals surface area (Å²) in [5.41, 5.74) is 11.8. The number of rotatable bonds is 6. The lowest BCUT2D eigenvalue weighted by molar-refractivity contribution is 1.18. The van der Waals surface area contributed by atoms with E-state index in [1.165, 1.54) is 76.4 Å². The van der Waals surface area contributed by atoms with Gasteiger partial charge < -0.3 is 9.47 Å². The Bertz CT molecular complexity index is 3240. The minimum Gasteiger partial charge on any atom is -0.309 e. The first-order valence-corrected chi connectivity index (χ1v) is 19.3. The van der Waals surface area contributed by atoms with E-state index in [4.69, 9.17) is 0 Å². The maximum atomic E-state index is 2.47. The van der Waals surface area contributed by atoms with E-state index >= 15 is 0 Å². The van der Waals surface area contributed by atoms with Crippen LogP contribution < -0.4 is 4.90 Å². The highest BCUT2D eigenvalue weighted by atomic mass is 15.1. The molecule has 0 N–H and O–H groups in total. The normalized spacial score (nSPS) is 11.6. The predicted molar refractivity (Wildman–Crippen MR) is 239 cm³/mol. The fraction of sp³-hybridized carbons (Fsp3) is 0. The molecule has 11 aromatic rings. The van der Waals surface area contributed by atoms with Crippen molar-refractivity contribution in [1.82, 2.24) is 4.57 Å². The van der Waals surface area contributed by atoms with Gasteiger partial charge in [0.05, 0.1) is 22.4 Å². The standard InChI is InChI=1S/C54H36N2/c1-3-13-37(14-4-1)39-25-26-41-34-42(28-27-40(41)33-39)43-29-30-45-36-47(32-31-44(45)35-43)56(50-22-11-16-38-15-7-8-19-48(38)50)53-24-12-23-52-54(53)49-20-9-10-21-51(49)55(52)46-17-5-2-6-18-46/h1-36H. The molecule has 0 spiro atoms. The Morgan fingerprint density at radius 3 is 1.55 bits per heavy atom. The second kappa shape index (κ2) is 13.2. The van der Waals surface area contributed by atoms with Gasteiger partial charge in [0, 0.05) is 27.5 Å². The van der Waals surface area contributed by atoms with Crippen LogP contribution in [0.4, 0.5) is 17.1 Å². The molecule has 11 rings (SSSR count). The smallest absolute Gasteiger partial charge is 0.0562 e. The van der Waals surface area contributed by atoms with Crippen molar-refractivity contribution in [3.63, 3.8) is 0 Å². The zero-order valence-electron chi connectivity index (χ0n) is 30.7. The van der Waals surface area contributed by atoms with Gasteiger partial charge in [0.15, 0.2) is 0 Å². The van der Waals surface area contributed by atoms with Crippen LogP contribution in [-0.2, 0) is 0 Å². The number of anilines is 3. The number of fused-ring (bicyclic) bond motifs is 6. The molecule has 0 aliphatic carbocycles. The van der Waals surface area contributed by atoms with Crippen LogP contribution >= 0.6 is 0 Å². The average Bonchev–Trinajstić information content (AvgIpc) is 3.62. The summed E-state index contributed by atoms with van der Waals surface area (Å²) in [4.78, 5) is 2.47. The van der Waals surface area contributed by atoms with Gasteiger partial charge in [-0.3, -0.25) is 0 Å². The van der Waals surface area contributed by atoms with Crippen molar-refractivity contribution in [3.05, 3.63) is 218 Å². The molecule has 10 aromatic carbocycles. The molecule has 0 unspecified atom stereocenters. The quantitative estimate of drug-likeness (QED) is 0.167. The van der Waals surface area contributed by atoms with Gasteiger partial charge in [0.2, 0.25) is 0 Å². The fourth-order valence-electron chi connectivity index (χ4n) is 8.64. The van der Waals surface area contributed by atoms with Crippen LogP contribution in [0.25, 0.3) is 82.1 Å². The Balaban J connectivity index is 1.06. The lowest BCUT2D eigenvalue weighted by atomic mass is 9.96. The zero-order valence-corrected chi connectivity index (χ0v) is 30.7. The third-order valence-electron chi connectivity index (χ3n) is 11.3. The van der Waals surface area contributed by atoms with Gasteiger partial charge in [0.25, 0.3) is 0 Å². The minimum absolute atomic E-state index is 1.12. The van der Waals surface area contributed by atoms with E-state index in [2.05, 4.69) is 228 Å². The summed E-state index contributed by atoms with van der Waals surface area (Å²) in [6.07, 6.45) is 0. The Morgan fingerprint density at radius 1 is 0.304 bits per heavy atom. The molecule has 1 heterocycles. The van der Waals surface area contributed by atoms with E-state index in [9.17, 15) is 0 Å². The molecule has 56 heavy (non-hydrogen) atoms. The van der Waals surface area contributed by atoms with Crippen molar-refractivity contribution in [1.29, 1.82) is 0 Å². The minimum atomic E-state index is 1.12. The topological polar surface area (TPSA) is 8.17 Å². The molecule has 0 atom stereocenters. The van der Waals surface area contributed by atoms with Crippen LogP contribution in [0.5, 0.6) is 0 Å². The SMILES string of the molecule is c1ccc(-c2ccc3cc(-c4ccc5cc(N(c6cccc7ccccc67)c6cccc7c6c6ccccc6n7-c6ccccc6)ccc5c4)ccc3c2)cc1. The first-order valence-electron chi connectivity index (χ1n) is 19.3. The highest BCUT2D eigenvalue weighted by Crippen LogP contribution is 2.46. The molecule has 0 amide bonds. The van der Waals surface area contributed by atoms with Gasteiger partial charge in [-0.05, 0) is 116 Å². The molecule has 0 aliphatic rings. The molecule has 0 fully saturated rings. The van der Waals surface area contributed by atoms with Gasteiger partial charge in [-0.15, -0.1) is 0 Å². The first kappa shape index (κ1) is 32.0. The summed E-state index contributed by atoms with van der Waals surface area (Å²) in [5.74, 6) is 0. The second-order valence-electron chi connectivity index (χ2n) is 14.6. The Hall–Kier alpha value is -7.42. The van der Waals surface area contributed by atoms with Crippen molar-refractivity contribution >= 4 is 71.2 Å². The molecule has 2 heteroatoms. The van der Waals surface area contributed by atoms with Crippen LogP contribution in [0.1, 0.15) is 0 Å². The van der Waals surface area contributed by atoms with Crippen LogP contribution in [0.15, 0.2) is 218 Å². The summed E-state index contributed by atoms with van der Waals surface area (Å²) in [5, 5.41) is 9.77. The van der Waals surface area contributed by atoms with Crippen molar-refractivity contribution in [2.75, 3.05) is 4.90 Å². The molecule has 2 nitrogen and oxygen atoms in total. The van der Waals surface area contributed by atoms with E-state index in [1.54, 1.807) is 0 Å². The van der Waals surface area contributed by atoms with Crippen LogP contribution in [0.2, 0.25) is 0 Å². The molecule has 0 saturated carbocycles. The van der Waals surface area contributed by atoms with E-state index in [-0.39, 0.29) is 0 Å². The van der Waals surface area contributed by atoms with Crippen molar-refractivity contribution in [2.24, 2.45) is 0 Å². The summed E-state index contributed by atoms with van der Waals surface area (Å²) >= 11 is 0. The van der Waals surface area contributed by atoms with Crippen LogP contribution in [-0.4, -0.2) is 4.57 Å². The van der Waals surface area contributed by atoms with Gasteiger partial charge in [-0.1, -0.05) is 152 Å². The molecule has 1 aromatic heterocycles. The molecule has 0 aliphatic heterocycles. The third-order valence-corrected chi connectivity index (χ3v) is 11.3. The molecular formula is C54H36N2. The second-order valence-corrected chi connectivity index (χ2v) is 14.6. The number of hydrogen-bond donors (Lipinski definition) is 0. The average molecular weight is 713 g/mol. The van der Waals surface area contributed by atoms with Crippen molar-refractivity contribution < 1.29 is 0 Å². The summed E-state index contributed by atoms with van der Waals surface area (Å²) in [6, 6.07) is 79.5. The monoisotopic (exact) mass is 712 g/mol. The highest BCUT2D eigenvalue weighted by molar-refractivity contribution is 6.17. The maximum Gasteiger partial charge on any atom is 0.0562 e.